The molecule has 0 N–H and O–H groups in total. The van der Waals surface area contributed by atoms with Crippen LogP contribution in [0.4, 0.5) is 0 Å². The number of carbonyl (C=O) groups excluding carboxylic acids is 3. The van der Waals surface area contributed by atoms with E-state index in [1.807, 2.05) is 0 Å². The van der Waals surface area contributed by atoms with E-state index in [0.717, 1.165) is 0 Å². The van der Waals surface area contributed by atoms with Gasteiger partial charge in [-0.2, -0.15) is 0 Å². The number of aromatic nitrogens is 3. The molecule has 10 nitrogen and oxygen atoms in total. The summed E-state index contributed by atoms with van der Waals surface area (Å²) in [5, 5.41) is 0.274. The largest absolute Gasteiger partial charge is 0.493 e. The first-order valence-electron chi connectivity index (χ1n) is 11.9. The van der Waals surface area contributed by atoms with Crippen LogP contribution in [0.25, 0.3) is 28.7 Å². The zero-order valence-corrected chi connectivity index (χ0v) is 21.8. The maximum Gasteiger partial charge on any atom is 0.308 e. The molecule has 0 bridgehead atoms. The van der Waals surface area contributed by atoms with Crippen LogP contribution in [0.2, 0.25) is 0 Å². The lowest BCUT2D eigenvalue weighted by molar-refractivity contribution is -0.132. The second-order valence-corrected chi connectivity index (χ2v) is 8.55. The molecule has 0 atom stereocenters. The van der Waals surface area contributed by atoms with Crippen molar-refractivity contribution >= 4 is 40.8 Å². The van der Waals surface area contributed by atoms with Gasteiger partial charge in [0.15, 0.2) is 17.2 Å². The average molecular weight is 528 g/mol. The summed E-state index contributed by atoms with van der Waals surface area (Å²) < 4.78 is 17.5. The van der Waals surface area contributed by atoms with Gasteiger partial charge in [-0.1, -0.05) is 24.3 Å². The van der Waals surface area contributed by atoms with Gasteiger partial charge in [-0.25, -0.2) is 4.98 Å². The highest BCUT2D eigenvalue weighted by Crippen LogP contribution is 2.33. The number of hydrogen-bond acceptors (Lipinski definition) is 9. The first-order valence-corrected chi connectivity index (χ1v) is 11.9. The van der Waals surface area contributed by atoms with Crippen LogP contribution < -0.4 is 19.8 Å². The van der Waals surface area contributed by atoms with Gasteiger partial charge in [0, 0.05) is 32.0 Å². The van der Waals surface area contributed by atoms with Gasteiger partial charge in [0.05, 0.1) is 29.9 Å². The Labute approximate surface area is 223 Å². The summed E-state index contributed by atoms with van der Waals surface area (Å²) in [6.45, 7) is 3.95. The Morgan fingerprint density at radius 2 is 1.64 bits per heavy atom. The van der Waals surface area contributed by atoms with Gasteiger partial charge >= 0.3 is 11.9 Å². The Balaban J connectivity index is 2.03. The molecule has 0 spiro atoms. The molecule has 0 aliphatic rings. The molecule has 0 unspecified atom stereocenters. The molecule has 2 aromatic heterocycles. The van der Waals surface area contributed by atoms with Crippen LogP contribution in [-0.2, 0) is 20.8 Å². The van der Waals surface area contributed by atoms with Crippen LogP contribution in [0.1, 0.15) is 37.7 Å². The molecule has 0 fully saturated rings. The van der Waals surface area contributed by atoms with Crippen LogP contribution >= 0.6 is 0 Å². The number of ether oxygens (including phenoxy) is 3. The maximum atomic E-state index is 13.9. The number of hydrogen-bond donors (Lipinski definition) is 0. The third kappa shape index (κ3) is 5.90. The molecule has 39 heavy (non-hydrogen) atoms. The summed E-state index contributed by atoms with van der Waals surface area (Å²) >= 11 is 0. The Hall–Kier alpha value is -5.12. The van der Waals surface area contributed by atoms with Crippen molar-refractivity contribution in [2.24, 2.45) is 0 Å². The zero-order chi connectivity index (χ0) is 28.1. The molecule has 198 valence electrons. The molecule has 10 heteroatoms. The number of esters is 2. The third-order valence-corrected chi connectivity index (χ3v) is 5.58. The predicted octanol–water partition coefficient (Wildman–Crippen LogP) is 3.94. The standard InChI is InChI=1S/C29H25N3O7/c1-17(33)15-21-8-6-9-24(38-18(2)34)27(21)32-26(31-23-16-30-14-13-22(23)29(32)36)12-11-20-7-5-10-25(37-4)28(20)39-19(3)35/h5-14,16H,15H2,1-4H3/b12-11+. The summed E-state index contributed by atoms with van der Waals surface area (Å²) in [6.07, 6.45) is 6.09. The van der Waals surface area contributed by atoms with Crippen LogP contribution in [0.5, 0.6) is 17.2 Å². The van der Waals surface area contributed by atoms with Gasteiger partial charge in [-0.05, 0) is 42.8 Å². The Bertz CT molecular complexity index is 1650. The minimum atomic E-state index is -0.596. The highest BCUT2D eigenvalue weighted by atomic mass is 16.6. The summed E-state index contributed by atoms with van der Waals surface area (Å²) in [4.78, 5) is 58.4. The number of Topliss-reactive ketones (excluding diaryl/α,β-unsaturated/α-hetero) is 1. The first-order chi connectivity index (χ1) is 18.7. The van der Waals surface area contributed by atoms with Crippen molar-refractivity contribution < 1.29 is 28.6 Å². The highest BCUT2D eigenvalue weighted by molar-refractivity contribution is 5.84. The van der Waals surface area contributed by atoms with Gasteiger partial charge in [0.2, 0.25) is 0 Å². The fourth-order valence-electron chi connectivity index (χ4n) is 4.09. The summed E-state index contributed by atoms with van der Waals surface area (Å²) in [7, 11) is 1.45. The number of methoxy groups -OCH3 is 1. The number of benzene rings is 2. The van der Waals surface area contributed by atoms with E-state index in [1.54, 1.807) is 42.5 Å². The van der Waals surface area contributed by atoms with Crippen molar-refractivity contribution in [3.8, 4) is 22.9 Å². The van der Waals surface area contributed by atoms with Gasteiger partial charge in [-0.3, -0.25) is 28.7 Å². The lowest BCUT2D eigenvalue weighted by atomic mass is 10.1. The normalized spacial score (nSPS) is 11.0. The lowest BCUT2D eigenvalue weighted by Crippen LogP contribution is -2.25. The first kappa shape index (κ1) is 26.9. The van der Waals surface area contributed by atoms with E-state index >= 15 is 0 Å². The Morgan fingerprint density at radius 1 is 0.923 bits per heavy atom. The van der Waals surface area contributed by atoms with Gasteiger partial charge < -0.3 is 14.2 Å². The Morgan fingerprint density at radius 3 is 2.33 bits per heavy atom. The molecule has 0 amide bonds. The van der Waals surface area contributed by atoms with Crippen LogP contribution in [-0.4, -0.2) is 39.4 Å². The van der Waals surface area contributed by atoms with Gasteiger partial charge in [-0.15, -0.1) is 0 Å². The molecular weight excluding hydrogens is 502 g/mol. The lowest BCUT2D eigenvalue weighted by Gasteiger charge is -2.18. The topological polar surface area (TPSA) is 127 Å². The second-order valence-electron chi connectivity index (χ2n) is 8.55. The minimum Gasteiger partial charge on any atom is -0.493 e. The van der Waals surface area contributed by atoms with Crippen LogP contribution in [0.3, 0.4) is 0 Å². The van der Waals surface area contributed by atoms with Crippen LogP contribution in [0, 0.1) is 0 Å². The number of ketones is 1. The van der Waals surface area contributed by atoms with Crippen molar-refractivity contribution in [1.82, 2.24) is 14.5 Å². The van der Waals surface area contributed by atoms with Crippen LogP contribution in [0.15, 0.2) is 59.7 Å². The average Bonchev–Trinajstić information content (AvgIpc) is 2.88. The summed E-state index contributed by atoms with van der Waals surface area (Å²) in [5.74, 6) is -0.507. The van der Waals surface area contributed by atoms with E-state index in [0.29, 0.717) is 22.4 Å². The van der Waals surface area contributed by atoms with Crippen molar-refractivity contribution in [2.45, 2.75) is 27.2 Å². The van der Waals surface area contributed by atoms with Crippen molar-refractivity contribution in [1.29, 1.82) is 0 Å². The molecule has 0 aliphatic heterocycles. The van der Waals surface area contributed by atoms with Crippen molar-refractivity contribution in [2.75, 3.05) is 7.11 Å². The van der Waals surface area contributed by atoms with E-state index in [-0.39, 0.29) is 40.6 Å². The van der Waals surface area contributed by atoms with E-state index in [2.05, 4.69) is 9.97 Å². The third-order valence-electron chi connectivity index (χ3n) is 5.58. The molecule has 0 saturated carbocycles. The fourth-order valence-corrected chi connectivity index (χ4v) is 4.09. The quantitative estimate of drug-likeness (QED) is 0.247. The number of carbonyl (C=O) groups is 3. The van der Waals surface area contributed by atoms with E-state index < -0.39 is 17.5 Å². The molecule has 2 aromatic carbocycles. The Kier molecular flexibility index (Phi) is 7.95. The minimum absolute atomic E-state index is 0.0130. The molecule has 0 aliphatic carbocycles. The molecule has 0 saturated heterocycles. The SMILES string of the molecule is COc1cccc(/C=C/c2nc3cnccc3c(=O)n2-c2c(CC(C)=O)cccc2OC(C)=O)c1OC(C)=O. The number of pyridine rings is 1. The maximum absolute atomic E-state index is 13.9. The molecule has 2 heterocycles. The number of fused-ring (bicyclic) bond motifs is 1. The summed E-state index contributed by atoms with van der Waals surface area (Å²) in [5.41, 5.74) is 1.04. The van der Waals surface area contributed by atoms with Gasteiger partial charge in [0.25, 0.3) is 5.56 Å². The molecule has 4 rings (SSSR count). The fraction of sp³-hybridized carbons (Fsp3) is 0.172. The highest BCUT2D eigenvalue weighted by Gasteiger charge is 2.21. The zero-order valence-electron chi connectivity index (χ0n) is 21.8. The molecule has 4 aromatic rings. The smallest absolute Gasteiger partial charge is 0.308 e. The molecular formula is C29H25N3O7. The summed E-state index contributed by atoms with van der Waals surface area (Å²) in [6, 6.07) is 11.5. The number of para-hydroxylation sites is 2. The predicted molar refractivity (Wildman–Crippen MR) is 144 cm³/mol. The number of nitrogens with zero attached hydrogens (tertiary/aromatic N) is 3. The second kappa shape index (κ2) is 11.5. The monoisotopic (exact) mass is 527 g/mol. The van der Waals surface area contributed by atoms with E-state index in [9.17, 15) is 19.2 Å². The molecule has 0 radical (unpaired) electrons. The van der Waals surface area contributed by atoms with E-state index in [1.165, 1.54) is 57.0 Å². The van der Waals surface area contributed by atoms with Crippen molar-refractivity contribution in [3.63, 3.8) is 0 Å². The van der Waals surface area contributed by atoms with Crippen molar-refractivity contribution in [3.05, 3.63) is 82.2 Å². The number of rotatable bonds is 8. The van der Waals surface area contributed by atoms with E-state index in [4.69, 9.17) is 14.2 Å². The van der Waals surface area contributed by atoms with Gasteiger partial charge in [0.1, 0.15) is 11.6 Å².